The Morgan fingerprint density at radius 1 is 1.21 bits per heavy atom. The van der Waals surface area contributed by atoms with Crippen molar-refractivity contribution in [2.45, 2.75) is 12.8 Å². The third kappa shape index (κ3) is 3.22. The van der Waals surface area contributed by atoms with E-state index in [4.69, 9.17) is 0 Å². The molecule has 5 nitrogen and oxygen atoms in total. The number of benzene rings is 2. The molecule has 24 heavy (non-hydrogen) atoms. The number of phenols is 1. The monoisotopic (exact) mass is 328 g/mol. The van der Waals surface area contributed by atoms with Gasteiger partial charge in [-0.2, -0.15) is 0 Å². The van der Waals surface area contributed by atoms with Gasteiger partial charge in [-0.1, -0.05) is 6.07 Å². The van der Waals surface area contributed by atoms with Gasteiger partial charge in [-0.25, -0.2) is 4.39 Å². The molecule has 1 fully saturated rings. The van der Waals surface area contributed by atoms with Crippen LogP contribution in [0.15, 0.2) is 36.4 Å². The summed E-state index contributed by atoms with van der Waals surface area (Å²) in [7, 11) is 0. The summed E-state index contributed by atoms with van der Waals surface area (Å²) in [6.07, 6.45) is 2.61. The van der Waals surface area contributed by atoms with E-state index in [0.29, 0.717) is 12.0 Å². The maximum absolute atomic E-state index is 13.6. The second-order valence-electron chi connectivity index (χ2n) is 5.71. The molecule has 3 rings (SSSR count). The van der Waals surface area contributed by atoms with Gasteiger partial charge in [-0.05, 0) is 43.2 Å². The molecule has 1 saturated heterocycles. The summed E-state index contributed by atoms with van der Waals surface area (Å²) in [6.45, 7) is 1.98. The molecule has 1 amide bonds. The van der Waals surface area contributed by atoms with Crippen LogP contribution in [0.2, 0.25) is 0 Å². The van der Waals surface area contributed by atoms with Gasteiger partial charge in [-0.15, -0.1) is 0 Å². The predicted octanol–water partition coefficient (Wildman–Crippen LogP) is 3.20. The Bertz CT molecular complexity index is 786. The molecule has 0 aliphatic carbocycles. The number of rotatable bonds is 4. The average molecular weight is 328 g/mol. The van der Waals surface area contributed by atoms with E-state index in [1.807, 2.05) is 18.2 Å². The number of nitrogens with one attached hydrogen (secondary N) is 1. The smallest absolute Gasteiger partial charge is 0.255 e. The second kappa shape index (κ2) is 6.70. The Morgan fingerprint density at radius 2 is 1.96 bits per heavy atom. The van der Waals surface area contributed by atoms with Gasteiger partial charge in [-0.3, -0.25) is 9.59 Å². The van der Waals surface area contributed by atoms with Crippen molar-refractivity contribution < 1.29 is 19.1 Å². The molecular weight excluding hydrogens is 311 g/mol. The summed E-state index contributed by atoms with van der Waals surface area (Å²) >= 11 is 0. The summed E-state index contributed by atoms with van der Waals surface area (Å²) in [5.41, 5.74) is 1.33. The number of phenolic OH excluding ortho intramolecular Hbond substituents is 1. The normalized spacial score (nSPS) is 13.8. The molecule has 2 aromatic carbocycles. The number of aromatic hydroxyl groups is 1. The third-order valence-corrected chi connectivity index (χ3v) is 4.06. The van der Waals surface area contributed by atoms with E-state index < -0.39 is 17.5 Å². The summed E-state index contributed by atoms with van der Waals surface area (Å²) in [6, 6.07) is 9.49. The van der Waals surface area contributed by atoms with E-state index in [0.717, 1.165) is 43.8 Å². The average Bonchev–Trinajstić information content (AvgIpc) is 3.12. The van der Waals surface area contributed by atoms with Crippen molar-refractivity contribution in [2.24, 2.45) is 0 Å². The largest absolute Gasteiger partial charge is 0.504 e. The zero-order valence-corrected chi connectivity index (χ0v) is 13.0. The minimum absolute atomic E-state index is 0.0287. The number of carbonyl (C=O) groups is 2. The maximum atomic E-state index is 13.6. The van der Waals surface area contributed by atoms with Gasteiger partial charge in [0.2, 0.25) is 0 Å². The van der Waals surface area contributed by atoms with Crippen LogP contribution in [0, 0.1) is 5.82 Å². The zero-order valence-electron chi connectivity index (χ0n) is 13.0. The molecule has 124 valence electrons. The highest BCUT2D eigenvalue weighted by molar-refractivity contribution is 6.05. The van der Waals surface area contributed by atoms with Crippen molar-refractivity contribution in [2.75, 3.05) is 23.3 Å². The Balaban J connectivity index is 1.81. The number of hydrogen-bond acceptors (Lipinski definition) is 4. The first kappa shape index (κ1) is 16.0. The highest BCUT2D eigenvalue weighted by Crippen LogP contribution is 2.25. The van der Waals surface area contributed by atoms with Crippen molar-refractivity contribution in [3.8, 4) is 5.75 Å². The van der Waals surface area contributed by atoms with E-state index in [-0.39, 0.29) is 11.1 Å². The number of carbonyl (C=O) groups excluding carboxylic acids is 2. The van der Waals surface area contributed by atoms with Crippen LogP contribution in [0.3, 0.4) is 0 Å². The van der Waals surface area contributed by atoms with Crippen molar-refractivity contribution in [1.29, 1.82) is 0 Å². The van der Waals surface area contributed by atoms with Crippen LogP contribution in [0.5, 0.6) is 5.75 Å². The lowest BCUT2D eigenvalue weighted by atomic mass is 10.1. The molecule has 6 heteroatoms. The van der Waals surface area contributed by atoms with E-state index in [1.165, 1.54) is 0 Å². The SMILES string of the molecule is O=Cc1cc(C(=O)Nc2cccc(N3CCCC3)c2)cc(F)c1O. The van der Waals surface area contributed by atoms with Crippen molar-refractivity contribution in [3.63, 3.8) is 0 Å². The van der Waals surface area contributed by atoms with Gasteiger partial charge >= 0.3 is 0 Å². The first-order valence-corrected chi connectivity index (χ1v) is 7.72. The van der Waals surface area contributed by atoms with E-state index in [1.54, 1.807) is 6.07 Å². The fraction of sp³-hybridized carbons (Fsp3) is 0.222. The standard InChI is InChI=1S/C18H17FN2O3/c19-16-9-12(8-13(11-22)17(16)23)18(24)20-14-4-3-5-15(10-14)21-6-1-2-7-21/h3-5,8-11,23H,1-2,6-7H2,(H,20,24). The Morgan fingerprint density at radius 3 is 2.67 bits per heavy atom. The van der Waals surface area contributed by atoms with Crippen LogP contribution in [-0.2, 0) is 0 Å². The summed E-state index contributed by atoms with van der Waals surface area (Å²) in [5.74, 6) is -2.30. The van der Waals surface area contributed by atoms with Crippen LogP contribution in [0.25, 0.3) is 0 Å². The molecule has 1 aliphatic heterocycles. The molecular formula is C18H17FN2O3. The summed E-state index contributed by atoms with van der Waals surface area (Å²) in [4.78, 5) is 25.4. The molecule has 0 atom stereocenters. The van der Waals surface area contributed by atoms with Gasteiger partial charge in [0.05, 0.1) is 5.56 Å². The predicted molar refractivity (Wildman–Crippen MR) is 89.3 cm³/mol. The Hall–Kier alpha value is -2.89. The molecule has 2 aromatic rings. The lowest BCUT2D eigenvalue weighted by molar-refractivity contribution is 0.102. The van der Waals surface area contributed by atoms with Crippen molar-refractivity contribution in [1.82, 2.24) is 0 Å². The molecule has 0 radical (unpaired) electrons. The van der Waals surface area contributed by atoms with Crippen LogP contribution in [-0.4, -0.2) is 30.4 Å². The maximum Gasteiger partial charge on any atom is 0.255 e. The molecule has 0 aromatic heterocycles. The highest BCUT2D eigenvalue weighted by Gasteiger charge is 2.16. The van der Waals surface area contributed by atoms with E-state index in [2.05, 4.69) is 10.2 Å². The van der Waals surface area contributed by atoms with E-state index >= 15 is 0 Å². The van der Waals surface area contributed by atoms with Gasteiger partial charge < -0.3 is 15.3 Å². The molecule has 0 saturated carbocycles. The Labute approximate surface area is 138 Å². The first-order valence-electron chi connectivity index (χ1n) is 7.72. The number of aldehydes is 1. The van der Waals surface area contributed by atoms with Crippen LogP contribution >= 0.6 is 0 Å². The van der Waals surface area contributed by atoms with Gasteiger partial charge in [0.15, 0.2) is 17.9 Å². The molecule has 1 heterocycles. The summed E-state index contributed by atoms with van der Waals surface area (Å²) in [5, 5.41) is 12.1. The van der Waals surface area contributed by atoms with Crippen LogP contribution < -0.4 is 10.2 Å². The summed E-state index contributed by atoms with van der Waals surface area (Å²) < 4.78 is 13.6. The fourth-order valence-corrected chi connectivity index (χ4v) is 2.80. The number of amides is 1. The molecule has 1 aliphatic rings. The molecule has 2 N–H and O–H groups in total. The van der Waals surface area contributed by atoms with Crippen molar-refractivity contribution in [3.05, 3.63) is 53.3 Å². The lowest BCUT2D eigenvalue weighted by Crippen LogP contribution is -2.18. The van der Waals surface area contributed by atoms with Crippen LogP contribution in [0.4, 0.5) is 15.8 Å². The fourth-order valence-electron chi connectivity index (χ4n) is 2.80. The minimum Gasteiger partial charge on any atom is -0.504 e. The number of anilines is 2. The molecule has 0 unspecified atom stereocenters. The van der Waals surface area contributed by atoms with Gasteiger partial charge in [0, 0.05) is 30.0 Å². The minimum atomic E-state index is -1.00. The topological polar surface area (TPSA) is 69.6 Å². The van der Waals surface area contributed by atoms with E-state index in [9.17, 15) is 19.1 Å². The Kier molecular flexibility index (Phi) is 4.46. The first-order chi connectivity index (χ1) is 11.6. The number of hydrogen-bond donors (Lipinski definition) is 2. The van der Waals surface area contributed by atoms with Gasteiger partial charge in [0.25, 0.3) is 5.91 Å². The lowest BCUT2D eigenvalue weighted by Gasteiger charge is -2.18. The van der Waals surface area contributed by atoms with Gasteiger partial charge in [0.1, 0.15) is 0 Å². The van der Waals surface area contributed by atoms with Crippen molar-refractivity contribution >= 4 is 23.6 Å². The molecule has 0 bridgehead atoms. The number of halogens is 1. The highest BCUT2D eigenvalue weighted by atomic mass is 19.1. The third-order valence-electron chi connectivity index (χ3n) is 4.06. The van der Waals surface area contributed by atoms with Crippen LogP contribution in [0.1, 0.15) is 33.6 Å². The second-order valence-corrected chi connectivity index (χ2v) is 5.71. The zero-order chi connectivity index (χ0) is 17.1. The number of nitrogens with zero attached hydrogens (tertiary/aromatic N) is 1. The molecule has 0 spiro atoms. The quantitative estimate of drug-likeness (QED) is 0.846.